The fraction of sp³-hybridized carbons (Fsp3) is 0.462. The molecule has 0 radical (unpaired) electrons. The lowest BCUT2D eigenvalue weighted by Gasteiger charge is -2.36. The van der Waals surface area contributed by atoms with Crippen LogP contribution in [0.4, 0.5) is 11.5 Å². The number of hydrogen-bond donors (Lipinski definition) is 3. The Morgan fingerprint density at radius 1 is 1.62 bits per heavy atom. The molecule has 0 spiro atoms. The molecule has 1 saturated heterocycles. The lowest BCUT2D eigenvalue weighted by Crippen LogP contribution is -2.54. The summed E-state index contributed by atoms with van der Waals surface area (Å²) in [6.45, 7) is 3.38. The Labute approximate surface area is 121 Å². The minimum atomic E-state index is -1.13. The Bertz CT molecular complexity index is 549. The minimum Gasteiger partial charge on any atom is -0.478 e. The van der Waals surface area contributed by atoms with Gasteiger partial charge in [-0.25, -0.2) is 9.78 Å². The number of nitrogens with two attached hydrogens (primary N) is 1. The summed E-state index contributed by atoms with van der Waals surface area (Å²) in [5, 5.41) is 11.8. The standard InChI is InChI=1S/C13H18N4O4/c1-2-15-12(18)9-7-21-6-5-17(9)11-10(14)8(13(19)20)3-4-16-11/h3-4,9H,2,5-7,14H2,1H3,(H,15,18)(H,19,20). The highest BCUT2D eigenvalue weighted by molar-refractivity contribution is 5.97. The number of amides is 1. The van der Waals surface area contributed by atoms with E-state index >= 15 is 0 Å². The first-order valence-electron chi connectivity index (χ1n) is 6.66. The van der Waals surface area contributed by atoms with Crippen LogP contribution in [0.3, 0.4) is 0 Å². The molecule has 1 atom stereocenters. The number of likely N-dealkylation sites (N-methyl/N-ethyl adjacent to an activating group) is 1. The zero-order chi connectivity index (χ0) is 15.4. The van der Waals surface area contributed by atoms with Crippen LogP contribution in [0.2, 0.25) is 0 Å². The van der Waals surface area contributed by atoms with Crippen LogP contribution in [0.5, 0.6) is 0 Å². The van der Waals surface area contributed by atoms with Crippen molar-refractivity contribution >= 4 is 23.4 Å². The van der Waals surface area contributed by atoms with Gasteiger partial charge in [0.25, 0.3) is 0 Å². The van der Waals surface area contributed by atoms with Crippen molar-refractivity contribution in [3.05, 3.63) is 17.8 Å². The molecule has 21 heavy (non-hydrogen) atoms. The van der Waals surface area contributed by atoms with E-state index in [-0.39, 0.29) is 23.8 Å². The highest BCUT2D eigenvalue weighted by atomic mass is 16.5. The summed E-state index contributed by atoms with van der Waals surface area (Å²) in [5.41, 5.74) is 5.92. The maximum absolute atomic E-state index is 12.1. The van der Waals surface area contributed by atoms with Gasteiger partial charge in [0, 0.05) is 19.3 Å². The van der Waals surface area contributed by atoms with Gasteiger partial charge >= 0.3 is 5.97 Å². The van der Waals surface area contributed by atoms with E-state index < -0.39 is 12.0 Å². The van der Waals surface area contributed by atoms with Crippen LogP contribution in [0.15, 0.2) is 12.3 Å². The van der Waals surface area contributed by atoms with Crippen molar-refractivity contribution in [3.63, 3.8) is 0 Å². The molecule has 0 aliphatic carbocycles. The number of ether oxygens (including phenoxy) is 1. The van der Waals surface area contributed by atoms with Gasteiger partial charge in [0.05, 0.1) is 24.5 Å². The van der Waals surface area contributed by atoms with Gasteiger partial charge in [-0.1, -0.05) is 0 Å². The van der Waals surface area contributed by atoms with Gasteiger partial charge in [-0.15, -0.1) is 0 Å². The number of morpholine rings is 1. The molecule has 2 heterocycles. The summed E-state index contributed by atoms with van der Waals surface area (Å²) in [6.07, 6.45) is 1.37. The molecule has 1 fully saturated rings. The predicted molar refractivity (Wildman–Crippen MR) is 76.2 cm³/mol. The summed E-state index contributed by atoms with van der Waals surface area (Å²) in [5.74, 6) is -1.02. The molecule has 1 aliphatic heterocycles. The Morgan fingerprint density at radius 3 is 3.05 bits per heavy atom. The van der Waals surface area contributed by atoms with Gasteiger partial charge in [0.1, 0.15) is 6.04 Å². The maximum Gasteiger partial charge on any atom is 0.337 e. The van der Waals surface area contributed by atoms with Crippen molar-refractivity contribution in [1.82, 2.24) is 10.3 Å². The van der Waals surface area contributed by atoms with E-state index in [2.05, 4.69) is 10.3 Å². The van der Waals surface area contributed by atoms with Gasteiger partial charge < -0.3 is 25.8 Å². The van der Waals surface area contributed by atoms with Crippen LogP contribution in [0.25, 0.3) is 0 Å². The number of hydrogen-bond acceptors (Lipinski definition) is 6. The van der Waals surface area contributed by atoms with E-state index in [1.165, 1.54) is 12.3 Å². The van der Waals surface area contributed by atoms with Crippen LogP contribution in [-0.2, 0) is 9.53 Å². The Kier molecular flexibility index (Phi) is 4.59. The topological polar surface area (TPSA) is 118 Å². The van der Waals surface area contributed by atoms with Crippen LogP contribution >= 0.6 is 0 Å². The van der Waals surface area contributed by atoms with Crippen LogP contribution < -0.4 is 16.0 Å². The smallest absolute Gasteiger partial charge is 0.337 e. The van der Waals surface area contributed by atoms with Crippen molar-refractivity contribution < 1.29 is 19.4 Å². The van der Waals surface area contributed by atoms with Gasteiger partial charge in [0.2, 0.25) is 5.91 Å². The molecule has 1 aromatic rings. The summed E-state index contributed by atoms with van der Waals surface area (Å²) < 4.78 is 5.33. The van der Waals surface area contributed by atoms with Crippen molar-refractivity contribution in [2.75, 3.05) is 36.9 Å². The monoisotopic (exact) mass is 294 g/mol. The van der Waals surface area contributed by atoms with E-state index in [4.69, 9.17) is 15.6 Å². The highest BCUT2D eigenvalue weighted by Crippen LogP contribution is 2.27. The third kappa shape index (κ3) is 3.05. The molecule has 0 aromatic carbocycles. The van der Waals surface area contributed by atoms with E-state index in [0.29, 0.717) is 25.5 Å². The molecular weight excluding hydrogens is 276 g/mol. The van der Waals surface area contributed by atoms with Crippen molar-refractivity contribution in [1.29, 1.82) is 0 Å². The number of aromatic carboxylic acids is 1. The number of nitrogens with zero attached hydrogens (tertiary/aromatic N) is 2. The van der Waals surface area contributed by atoms with Gasteiger partial charge in [-0.2, -0.15) is 0 Å². The molecule has 0 bridgehead atoms. The quantitative estimate of drug-likeness (QED) is 0.698. The SMILES string of the molecule is CCNC(=O)C1COCCN1c1nccc(C(=O)O)c1N. The van der Waals surface area contributed by atoms with Crippen LogP contribution in [-0.4, -0.2) is 54.3 Å². The summed E-state index contributed by atoms with van der Waals surface area (Å²) in [6, 6.07) is 0.764. The fourth-order valence-corrected chi connectivity index (χ4v) is 2.24. The molecule has 1 unspecified atom stereocenters. The predicted octanol–water partition coefficient (Wildman–Crippen LogP) is -0.297. The number of rotatable bonds is 4. The van der Waals surface area contributed by atoms with E-state index in [1.54, 1.807) is 4.90 Å². The zero-order valence-corrected chi connectivity index (χ0v) is 11.7. The zero-order valence-electron chi connectivity index (χ0n) is 11.7. The highest BCUT2D eigenvalue weighted by Gasteiger charge is 2.32. The normalized spacial score (nSPS) is 18.3. The molecule has 8 nitrogen and oxygen atoms in total. The Balaban J connectivity index is 2.35. The first-order chi connectivity index (χ1) is 10.1. The molecule has 1 aromatic heterocycles. The molecule has 1 aliphatic rings. The van der Waals surface area contributed by atoms with Crippen molar-refractivity contribution in [3.8, 4) is 0 Å². The third-order valence-corrected chi connectivity index (χ3v) is 3.25. The van der Waals surface area contributed by atoms with Crippen molar-refractivity contribution in [2.24, 2.45) is 0 Å². The Hall–Kier alpha value is -2.35. The van der Waals surface area contributed by atoms with Crippen LogP contribution in [0.1, 0.15) is 17.3 Å². The number of carboxylic acid groups (broad SMARTS) is 1. The average molecular weight is 294 g/mol. The lowest BCUT2D eigenvalue weighted by atomic mass is 10.1. The number of carboxylic acids is 1. The summed E-state index contributed by atoms with van der Waals surface area (Å²) in [4.78, 5) is 29.1. The molecule has 114 valence electrons. The molecule has 1 amide bonds. The first-order valence-corrected chi connectivity index (χ1v) is 6.66. The lowest BCUT2D eigenvalue weighted by molar-refractivity contribution is -0.124. The second-order valence-corrected chi connectivity index (χ2v) is 4.58. The molecule has 4 N–H and O–H groups in total. The van der Waals surface area contributed by atoms with E-state index in [9.17, 15) is 9.59 Å². The van der Waals surface area contributed by atoms with Gasteiger partial charge in [-0.05, 0) is 13.0 Å². The number of anilines is 2. The number of pyridine rings is 1. The maximum atomic E-state index is 12.1. The van der Waals surface area contributed by atoms with Crippen molar-refractivity contribution in [2.45, 2.75) is 13.0 Å². The van der Waals surface area contributed by atoms with Gasteiger partial charge in [-0.3, -0.25) is 4.79 Å². The first kappa shape index (κ1) is 15.0. The second kappa shape index (κ2) is 6.40. The minimum absolute atomic E-state index is 0.0267. The molecule has 8 heteroatoms. The average Bonchev–Trinajstić information content (AvgIpc) is 2.47. The Morgan fingerprint density at radius 2 is 2.38 bits per heavy atom. The van der Waals surface area contributed by atoms with E-state index in [0.717, 1.165) is 0 Å². The molecule has 2 rings (SSSR count). The third-order valence-electron chi connectivity index (χ3n) is 3.25. The van der Waals surface area contributed by atoms with Gasteiger partial charge in [0.15, 0.2) is 5.82 Å². The fourth-order valence-electron chi connectivity index (χ4n) is 2.24. The number of carbonyl (C=O) groups is 2. The second-order valence-electron chi connectivity index (χ2n) is 4.58. The number of nitrogens with one attached hydrogen (secondary N) is 1. The number of carbonyl (C=O) groups excluding carboxylic acids is 1. The number of aromatic nitrogens is 1. The van der Waals surface area contributed by atoms with Crippen LogP contribution in [0, 0.1) is 0 Å². The summed E-state index contributed by atoms with van der Waals surface area (Å²) >= 11 is 0. The number of nitrogen functional groups attached to an aromatic ring is 1. The molecular formula is C13H18N4O4. The molecule has 0 saturated carbocycles. The largest absolute Gasteiger partial charge is 0.478 e. The van der Waals surface area contributed by atoms with E-state index in [1.807, 2.05) is 6.92 Å². The summed E-state index contributed by atoms with van der Waals surface area (Å²) in [7, 11) is 0.